The van der Waals surface area contributed by atoms with Crippen LogP contribution in [0.1, 0.15) is 51.3 Å². The van der Waals surface area contributed by atoms with Crippen molar-refractivity contribution in [2.75, 3.05) is 18.4 Å². The molecule has 5 rings (SSSR count). The maximum absolute atomic E-state index is 13.1. The van der Waals surface area contributed by atoms with Gasteiger partial charge in [-0.25, -0.2) is 0 Å². The van der Waals surface area contributed by atoms with Gasteiger partial charge in [0.2, 0.25) is 0 Å². The van der Waals surface area contributed by atoms with Gasteiger partial charge >= 0.3 is 0 Å². The molecule has 0 atom stereocenters. The van der Waals surface area contributed by atoms with Crippen molar-refractivity contribution in [3.05, 3.63) is 80.1 Å². The Morgan fingerprint density at radius 2 is 1.86 bits per heavy atom. The van der Waals surface area contributed by atoms with Gasteiger partial charge in [-0.15, -0.1) is 11.8 Å². The highest BCUT2D eigenvalue weighted by Gasteiger charge is 2.27. The molecule has 0 radical (unpaired) electrons. The Kier molecular flexibility index (Phi) is 7.67. The number of amides is 2. The molecule has 1 fully saturated rings. The number of benzene rings is 2. The van der Waals surface area contributed by atoms with E-state index in [4.69, 9.17) is 23.2 Å². The summed E-state index contributed by atoms with van der Waals surface area (Å²) in [5, 5.41) is 10.7. The molecule has 9 heteroatoms. The first-order valence-electron chi connectivity index (χ1n) is 12.3. The molecule has 2 aliphatic heterocycles. The summed E-state index contributed by atoms with van der Waals surface area (Å²) in [5.74, 6) is 0.372. The molecule has 2 aliphatic rings. The topological polar surface area (TPSA) is 86.0 Å². The van der Waals surface area contributed by atoms with Crippen LogP contribution >= 0.6 is 35.0 Å². The molecule has 4 N–H and O–H groups in total. The number of nitrogens with one attached hydrogen (secondary N) is 4. The van der Waals surface area contributed by atoms with Crippen molar-refractivity contribution in [3.63, 3.8) is 0 Å². The van der Waals surface area contributed by atoms with Gasteiger partial charge in [0.1, 0.15) is 0 Å². The van der Waals surface area contributed by atoms with Crippen LogP contribution in [-0.2, 0) is 10.5 Å². The lowest BCUT2D eigenvalue weighted by molar-refractivity contribution is -0.110. The third-order valence-corrected chi connectivity index (χ3v) is 8.61. The third-order valence-electron chi connectivity index (χ3n) is 6.89. The Balaban J connectivity index is 1.39. The minimum absolute atomic E-state index is 0.0732. The van der Waals surface area contributed by atoms with Gasteiger partial charge in [-0.3, -0.25) is 9.59 Å². The van der Waals surface area contributed by atoms with Crippen LogP contribution in [0, 0.1) is 13.8 Å². The number of thioether (sulfide) groups is 1. The molecule has 1 aromatic heterocycles. The molecule has 192 valence electrons. The van der Waals surface area contributed by atoms with E-state index in [0.717, 1.165) is 64.6 Å². The summed E-state index contributed by atoms with van der Waals surface area (Å²) in [4.78, 5) is 30.3. The minimum atomic E-state index is -0.168. The molecule has 2 aromatic carbocycles. The summed E-state index contributed by atoms with van der Waals surface area (Å²) >= 11 is 14.3. The summed E-state index contributed by atoms with van der Waals surface area (Å²) in [5.41, 5.74) is 6.05. The van der Waals surface area contributed by atoms with Crippen molar-refractivity contribution < 1.29 is 9.59 Å². The molecule has 6 nitrogen and oxygen atoms in total. The number of carbonyl (C=O) groups is 2. The second kappa shape index (κ2) is 11.0. The highest BCUT2D eigenvalue weighted by molar-refractivity contribution is 7.98. The van der Waals surface area contributed by atoms with Crippen LogP contribution in [0.3, 0.4) is 0 Å². The fraction of sp³-hybridized carbons (Fsp3) is 0.286. The first-order valence-corrected chi connectivity index (χ1v) is 14.0. The largest absolute Gasteiger partial charge is 0.358 e. The number of aromatic nitrogens is 1. The Morgan fingerprint density at radius 3 is 2.59 bits per heavy atom. The number of fused-ring (bicyclic) bond motifs is 1. The fourth-order valence-corrected chi connectivity index (χ4v) is 6.53. The summed E-state index contributed by atoms with van der Waals surface area (Å²) in [7, 11) is 0. The van der Waals surface area contributed by atoms with Gasteiger partial charge in [0, 0.05) is 49.4 Å². The molecular formula is C28H28Cl2N4O2S. The number of halogens is 2. The normalized spacial score (nSPS) is 16.6. The summed E-state index contributed by atoms with van der Waals surface area (Å²) in [6, 6.07) is 11.6. The van der Waals surface area contributed by atoms with Crippen molar-refractivity contribution in [2.24, 2.45) is 0 Å². The Labute approximate surface area is 230 Å². The van der Waals surface area contributed by atoms with E-state index in [-0.39, 0.29) is 17.9 Å². The molecule has 3 heterocycles. The molecular weight excluding hydrogens is 527 g/mol. The van der Waals surface area contributed by atoms with E-state index >= 15 is 0 Å². The average Bonchev–Trinajstić information content (AvgIpc) is 3.33. The van der Waals surface area contributed by atoms with Crippen molar-refractivity contribution in [1.29, 1.82) is 0 Å². The van der Waals surface area contributed by atoms with Crippen LogP contribution in [0.15, 0.2) is 41.3 Å². The zero-order valence-corrected chi connectivity index (χ0v) is 23.0. The second-order valence-corrected chi connectivity index (χ2v) is 11.2. The maximum Gasteiger partial charge on any atom is 0.256 e. The monoisotopic (exact) mass is 554 g/mol. The molecule has 0 aliphatic carbocycles. The zero-order chi connectivity index (χ0) is 26.1. The van der Waals surface area contributed by atoms with Gasteiger partial charge in [0.15, 0.2) is 0 Å². The number of anilines is 1. The van der Waals surface area contributed by atoms with Crippen LogP contribution in [-0.4, -0.2) is 35.9 Å². The zero-order valence-electron chi connectivity index (χ0n) is 20.6. The molecule has 1 saturated heterocycles. The van der Waals surface area contributed by atoms with E-state index in [1.54, 1.807) is 11.8 Å². The van der Waals surface area contributed by atoms with Crippen molar-refractivity contribution in [2.45, 2.75) is 43.4 Å². The number of hydrogen-bond acceptors (Lipinski definition) is 4. The molecule has 3 aromatic rings. The fourth-order valence-electron chi connectivity index (χ4n) is 4.85. The molecule has 0 spiro atoms. The maximum atomic E-state index is 13.1. The number of carbonyl (C=O) groups excluding carboxylic acids is 2. The molecule has 0 unspecified atom stereocenters. The van der Waals surface area contributed by atoms with Crippen molar-refractivity contribution in [3.8, 4) is 0 Å². The number of piperidine rings is 1. The molecule has 0 bridgehead atoms. The van der Waals surface area contributed by atoms with Crippen LogP contribution in [0.4, 0.5) is 5.69 Å². The minimum Gasteiger partial charge on any atom is -0.358 e. The van der Waals surface area contributed by atoms with E-state index in [1.165, 1.54) is 0 Å². The number of aryl methyl sites for hydroxylation is 1. The lowest BCUT2D eigenvalue weighted by Gasteiger charge is -2.23. The number of hydrogen-bond donors (Lipinski definition) is 4. The highest BCUT2D eigenvalue weighted by Crippen LogP contribution is 2.38. The van der Waals surface area contributed by atoms with Crippen LogP contribution in [0.25, 0.3) is 11.6 Å². The van der Waals surface area contributed by atoms with Crippen LogP contribution in [0.2, 0.25) is 10.0 Å². The number of rotatable bonds is 6. The molecule has 0 saturated carbocycles. The second-order valence-electron chi connectivity index (χ2n) is 9.37. The van der Waals surface area contributed by atoms with E-state index in [2.05, 4.69) is 20.9 Å². The smallest absolute Gasteiger partial charge is 0.256 e. The summed E-state index contributed by atoms with van der Waals surface area (Å²) in [6.07, 6.45) is 3.68. The quantitative estimate of drug-likeness (QED) is 0.215. The lowest BCUT2D eigenvalue weighted by atomic mass is 10.0. The number of H-pyrrole nitrogens is 1. The van der Waals surface area contributed by atoms with Gasteiger partial charge < -0.3 is 20.9 Å². The van der Waals surface area contributed by atoms with Crippen molar-refractivity contribution in [1.82, 2.24) is 15.6 Å². The Bertz CT molecular complexity index is 1390. The average molecular weight is 556 g/mol. The Hall–Kier alpha value is -2.71. The van der Waals surface area contributed by atoms with E-state index in [9.17, 15) is 9.59 Å². The van der Waals surface area contributed by atoms with Gasteiger partial charge in [0.25, 0.3) is 11.8 Å². The molecule has 37 heavy (non-hydrogen) atoms. The van der Waals surface area contributed by atoms with Gasteiger partial charge in [-0.2, -0.15) is 0 Å². The Morgan fingerprint density at radius 1 is 1.14 bits per heavy atom. The van der Waals surface area contributed by atoms with E-state index < -0.39 is 0 Å². The summed E-state index contributed by atoms with van der Waals surface area (Å²) < 4.78 is 0. The SMILES string of the molecule is Cc1[nH]c(/C=C2\C(=O)Nc3ccc(SCc4c(Cl)cccc4Cl)cc32)c(C)c1C(=O)NC1CCNCC1. The summed E-state index contributed by atoms with van der Waals surface area (Å²) in [6.45, 7) is 5.63. The lowest BCUT2D eigenvalue weighted by Crippen LogP contribution is -2.42. The van der Waals surface area contributed by atoms with Gasteiger partial charge in [-0.1, -0.05) is 29.3 Å². The van der Waals surface area contributed by atoms with Gasteiger partial charge in [0.05, 0.1) is 11.1 Å². The standard InChI is InChI=1S/C28H28Cl2N4O2S/c1-15-25(32-16(2)26(15)28(36)33-17-8-10-31-11-9-17)13-20-19-12-18(6-7-24(19)34-27(20)35)37-14-21-22(29)4-3-5-23(21)30/h3-7,12-13,17,31-32H,8-11,14H2,1-2H3,(H,33,36)(H,34,35)/b20-13-. The first-order chi connectivity index (χ1) is 17.8. The first kappa shape index (κ1) is 25.9. The van der Waals surface area contributed by atoms with Crippen molar-refractivity contribution >= 4 is 64.1 Å². The van der Waals surface area contributed by atoms with E-state index in [1.807, 2.05) is 56.3 Å². The van der Waals surface area contributed by atoms with E-state index in [0.29, 0.717) is 26.9 Å². The third kappa shape index (κ3) is 5.46. The predicted molar refractivity (Wildman–Crippen MR) is 153 cm³/mol. The molecule has 2 amide bonds. The predicted octanol–water partition coefficient (Wildman–Crippen LogP) is 6.21. The van der Waals surface area contributed by atoms with Crippen LogP contribution in [0.5, 0.6) is 0 Å². The highest BCUT2D eigenvalue weighted by atomic mass is 35.5. The van der Waals surface area contributed by atoms with Gasteiger partial charge in [-0.05, 0) is 87.3 Å². The number of aromatic amines is 1. The van der Waals surface area contributed by atoms with Crippen LogP contribution < -0.4 is 16.0 Å².